The van der Waals surface area contributed by atoms with Crippen molar-refractivity contribution in [1.29, 1.82) is 0 Å². The molecule has 0 aliphatic heterocycles. The van der Waals surface area contributed by atoms with Gasteiger partial charge in [0.1, 0.15) is 0 Å². The Labute approximate surface area is 177 Å². The molecule has 0 saturated heterocycles. The molecule has 0 aliphatic carbocycles. The molecule has 0 bridgehead atoms. The first-order chi connectivity index (χ1) is 13.5. The van der Waals surface area contributed by atoms with Crippen LogP contribution in [0.5, 0.6) is 0 Å². The van der Waals surface area contributed by atoms with E-state index in [2.05, 4.69) is 20.6 Å². The second kappa shape index (κ2) is 8.00. The molecule has 2 aromatic heterocycles. The van der Waals surface area contributed by atoms with Crippen molar-refractivity contribution in [2.24, 2.45) is 0 Å². The average molecular weight is 451 g/mol. The smallest absolute Gasteiger partial charge is 0.226 e. The number of aromatic nitrogens is 2. The summed E-state index contributed by atoms with van der Waals surface area (Å²) in [5.74, 6) is -0.562. The lowest BCUT2D eigenvalue weighted by molar-refractivity contribution is -0.121. The molecule has 0 saturated carbocycles. The zero-order valence-electron chi connectivity index (χ0n) is 14.2. The largest absolute Gasteiger partial charge is 0.302 e. The van der Waals surface area contributed by atoms with Crippen molar-refractivity contribution in [3.8, 4) is 0 Å². The summed E-state index contributed by atoms with van der Waals surface area (Å²) < 4.78 is 1.77. The molecule has 4 aromatic rings. The zero-order chi connectivity index (χ0) is 19.7. The Morgan fingerprint density at radius 1 is 0.786 bits per heavy atom. The Bertz CT molecular complexity index is 1110. The number of carbonyl (C=O) groups is 2. The van der Waals surface area contributed by atoms with Gasteiger partial charge in [0, 0.05) is 22.9 Å². The van der Waals surface area contributed by atoms with Gasteiger partial charge in [0.2, 0.25) is 11.8 Å². The summed E-state index contributed by atoms with van der Waals surface area (Å²) in [7, 11) is 0. The molecule has 4 rings (SSSR count). The number of rotatable bonds is 5. The van der Waals surface area contributed by atoms with Crippen molar-refractivity contribution in [1.82, 2.24) is 9.97 Å². The quantitative estimate of drug-likeness (QED) is 0.416. The normalized spacial score (nSPS) is 11.1. The van der Waals surface area contributed by atoms with Crippen LogP contribution in [0.4, 0.5) is 10.3 Å². The predicted molar refractivity (Wildman–Crippen MR) is 116 cm³/mol. The number of thiazole rings is 2. The molecule has 0 atom stereocenters. The van der Waals surface area contributed by atoms with E-state index in [0.717, 1.165) is 20.4 Å². The van der Waals surface area contributed by atoms with Gasteiger partial charge in [-0.05, 0) is 36.4 Å². The molecule has 6 nitrogen and oxygen atoms in total. The van der Waals surface area contributed by atoms with Gasteiger partial charge in [-0.2, -0.15) is 0 Å². The molecule has 2 amide bonds. The van der Waals surface area contributed by atoms with Crippen LogP contribution in [0.2, 0.25) is 10.0 Å². The fourth-order valence-corrected chi connectivity index (χ4v) is 4.81. The molecule has 2 heterocycles. The third kappa shape index (κ3) is 4.41. The molecule has 2 aromatic carbocycles. The fraction of sp³-hybridized carbons (Fsp3) is 0.111. The minimum absolute atomic E-state index is 0.0409. The van der Waals surface area contributed by atoms with E-state index in [1.807, 2.05) is 0 Å². The number of benzene rings is 2. The Kier molecular flexibility index (Phi) is 5.45. The summed E-state index contributed by atoms with van der Waals surface area (Å²) in [5.41, 5.74) is 1.52. The number of nitrogens with zero attached hydrogens (tertiary/aromatic N) is 2. The van der Waals surface area contributed by atoms with Gasteiger partial charge in [0.25, 0.3) is 0 Å². The Morgan fingerprint density at radius 3 is 1.64 bits per heavy atom. The lowest BCUT2D eigenvalue weighted by Gasteiger charge is -2.02. The highest BCUT2D eigenvalue weighted by atomic mass is 35.5. The fourth-order valence-electron chi connectivity index (χ4n) is 2.49. The standard InChI is InChI=1S/C18H12Cl2N4O2S2/c19-9-1-3-11-13(7-9)27-17(21-11)23-15(25)5-6-16(26)24-18-22-12-4-2-10(20)8-14(12)28-18/h1-4,7-8H,5-6H2,(H,21,23,25)(H,22,24,26). The topological polar surface area (TPSA) is 84.0 Å². The number of carbonyl (C=O) groups excluding carboxylic acids is 2. The first-order valence-corrected chi connectivity index (χ1v) is 10.6. The average Bonchev–Trinajstić information content (AvgIpc) is 3.21. The highest BCUT2D eigenvalue weighted by molar-refractivity contribution is 7.22. The van der Waals surface area contributed by atoms with Gasteiger partial charge in [-0.25, -0.2) is 9.97 Å². The van der Waals surface area contributed by atoms with E-state index in [0.29, 0.717) is 20.3 Å². The SMILES string of the molecule is O=C(CCC(=O)Nc1nc2ccc(Cl)cc2s1)Nc1nc2ccc(Cl)cc2s1. The van der Waals surface area contributed by atoms with Crippen LogP contribution in [0.1, 0.15) is 12.8 Å². The van der Waals surface area contributed by atoms with Gasteiger partial charge in [-0.15, -0.1) is 0 Å². The molecule has 142 valence electrons. The number of hydrogen-bond acceptors (Lipinski definition) is 6. The van der Waals surface area contributed by atoms with Crippen LogP contribution < -0.4 is 10.6 Å². The lowest BCUT2D eigenvalue weighted by atomic mass is 10.3. The van der Waals surface area contributed by atoms with Crippen LogP contribution in [-0.4, -0.2) is 21.8 Å². The molecule has 0 fully saturated rings. The molecule has 28 heavy (non-hydrogen) atoms. The lowest BCUT2D eigenvalue weighted by Crippen LogP contribution is -2.17. The van der Waals surface area contributed by atoms with E-state index in [9.17, 15) is 9.59 Å². The Morgan fingerprint density at radius 2 is 1.21 bits per heavy atom. The van der Waals surface area contributed by atoms with Gasteiger partial charge in [-0.1, -0.05) is 45.9 Å². The van der Waals surface area contributed by atoms with Crippen LogP contribution in [0.25, 0.3) is 20.4 Å². The number of amides is 2. The number of anilines is 2. The van der Waals surface area contributed by atoms with Crippen LogP contribution in [0.15, 0.2) is 36.4 Å². The molecular formula is C18H12Cl2N4O2S2. The van der Waals surface area contributed by atoms with Crippen molar-refractivity contribution < 1.29 is 9.59 Å². The second-order valence-corrected chi connectivity index (χ2v) is 8.79. The molecule has 0 spiro atoms. The summed E-state index contributed by atoms with van der Waals surface area (Å²) in [4.78, 5) is 32.9. The maximum atomic E-state index is 12.1. The third-order valence-corrected chi connectivity index (χ3v) is 6.11. The number of hydrogen-bond donors (Lipinski definition) is 2. The van der Waals surface area contributed by atoms with E-state index in [-0.39, 0.29) is 24.7 Å². The zero-order valence-corrected chi connectivity index (χ0v) is 17.3. The van der Waals surface area contributed by atoms with Gasteiger partial charge >= 0.3 is 0 Å². The first-order valence-electron chi connectivity index (χ1n) is 8.18. The van der Waals surface area contributed by atoms with Crippen molar-refractivity contribution in [3.63, 3.8) is 0 Å². The highest BCUT2D eigenvalue weighted by Gasteiger charge is 2.12. The Hall–Kier alpha value is -2.26. The molecule has 0 aliphatic rings. The number of fused-ring (bicyclic) bond motifs is 2. The van der Waals surface area contributed by atoms with Crippen molar-refractivity contribution in [3.05, 3.63) is 46.4 Å². The summed E-state index contributed by atoms with van der Waals surface area (Å²) in [5, 5.41) is 7.61. The van der Waals surface area contributed by atoms with Crippen LogP contribution in [-0.2, 0) is 9.59 Å². The maximum absolute atomic E-state index is 12.1. The minimum atomic E-state index is -0.281. The van der Waals surface area contributed by atoms with E-state index < -0.39 is 0 Å². The molecule has 0 radical (unpaired) electrons. The second-order valence-electron chi connectivity index (χ2n) is 5.86. The molecule has 2 N–H and O–H groups in total. The third-order valence-electron chi connectivity index (χ3n) is 3.77. The Balaban J connectivity index is 1.32. The van der Waals surface area contributed by atoms with Crippen molar-refractivity contribution in [2.75, 3.05) is 10.6 Å². The van der Waals surface area contributed by atoms with Gasteiger partial charge < -0.3 is 10.6 Å². The van der Waals surface area contributed by atoms with E-state index >= 15 is 0 Å². The minimum Gasteiger partial charge on any atom is -0.302 e. The summed E-state index contributed by atoms with van der Waals surface area (Å²) in [6.07, 6.45) is 0.0818. The highest BCUT2D eigenvalue weighted by Crippen LogP contribution is 2.29. The number of halogens is 2. The predicted octanol–water partition coefficient (Wildman–Crippen LogP) is 5.57. The van der Waals surface area contributed by atoms with E-state index in [1.54, 1.807) is 36.4 Å². The summed E-state index contributed by atoms with van der Waals surface area (Å²) in [6, 6.07) is 10.7. The van der Waals surface area contributed by atoms with Crippen molar-refractivity contribution in [2.45, 2.75) is 12.8 Å². The van der Waals surface area contributed by atoms with Crippen LogP contribution in [0.3, 0.4) is 0 Å². The monoisotopic (exact) mass is 450 g/mol. The van der Waals surface area contributed by atoms with Gasteiger partial charge in [0.05, 0.1) is 20.4 Å². The van der Waals surface area contributed by atoms with Gasteiger partial charge in [-0.3, -0.25) is 9.59 Å². The van der Waals surface area contributed by atoms with Gasteiger partial charge in [0.15, 0.2) is 10.3 Å². The molecule has 10 heteroatoms. The van der Waals surface area contributed by atoms with E-state index in [1.165, 1.54) is 22.7 Å². The van der Waals surface area contributed by atoms with E-state index in [4.69, 9.17) is 23.2 Å². The maximum Gasteiger partial charge on any atom is 0.226 e. The summed E-state index contributed by atoms with van der Waals surface area (Å²) >= 11 is 14.6. The van der Waals surface area contributed by atoms with Crippen LogP contribution in [0, 0.1) is 0 Å². The van der Waals surface area contributed by atoms with Crippen molar-refractivity contribution >= 4 is 88.4 Å². The van der Waals surface area contributed by atoms with Crippen LogP contribution >= 0.6 is 45.9 Å². The summed E-state index contributed by atoms with van der Waals surface area (Å²) in [6.45, 7) is 0. The molecular weight excluding hydrogens is 439 g/mol. The molecule has 0 unspecified atom stereocenters. The number of nitrogens with one attached hydrogen (secondary N) is 2. The first kappa shape index (κ1) is 19.1.